The van der Waals surface area contributed by atoms with Gasteiger partial charge in [-0.25, -0.2) is 4.68 Å². The van der Waals surface area contributed by atoms with Gasteiger partial charge in [-0.15, -0.1) is 0 Å². The molecule has 1 amide bonds. The van der Waals surface area contributed by atoms with Crippen molar-refractivity contribution in [1.82, 2.24) is 9.78 Å². The van der Waals surface area contributed by atoms with Gasteiger partial charge in [-0.05, 0) is 30.2 Å². The number of nitrogens with zero attached hydrogens (tertiary/aromatic N) is 2. The third-order valence-corrected chi connectivity index (χ3v) is 3.46. The first-order valence-corrected chi connectivity index (χ1v) is 7.56. The van der Waals surface area contributed by atoms with Crippen molar-refractivity contribution < 1.29 is 18.0 Å². The molecular weight excluding hydrogens is 343 g/mol. The van der Waals surface area contributed by atoms with Gasteiger partial charge in [-0.3, -0.25) is 4.79 Å². The van der Waals surface area contributed by atoms with Crippen LogP contribution in [0.1, 0.15) is 24.5 Å². The SMILES string of the molecule is CCCn1nccc1NC(=O)/C=C/c1ccc(Cl)c(C(F)(F)F)c1. The van der Waals surface area contributed by atoms with E-state index in [1.165, 1.54) is 12.1 Å². The van der Waals surface area contributed by atoms with Gasteiger partial charge in [0.15, 0.2) is 0 Å². The van der Waals surface area contributed by atoms with Gasteiger partial charge < -0.3 is 5.32 Å². The van der Waals surface area contributed by atoms with Crippen molar-refractivity contribution >= 4 is 29.4 Å². The molecule has 8 heteroatoms. The number of carbonyl (C=O) groups is 1. The lowest BCUT2D eigenvalue weighted by Gasteiger charge is -2.09. The van der Waals surface area contributed by atoms with Crippen molar-refractivity contribution in [2.24, 2.45) is 0 Å². The molecule has 0 spiro atoms. The van der Waals surface area contributed by atoms with E-state index in [0.717, 1.165) is 24.6 Å². The van der Waals surface area contributed by atoms with E-state index in [9.17, 15) is 18.0 Å². The first-order valence-electron chi connectivity index (χ1n) is 7.19. The molecule has 0 aliphatic heterocycles. The fourth-order valence-electron chi connectivity index (χ4n) is 2.03. The molecular formula is C16H15ClF3N3O. The maximum absolute atomic E-state index is 12.8. The monoisotopic (exact) mass is 357 g/mol. The summed E-state index contributed by atoms with van der Waals surface area (Å²) in [6.07, 6.45) is 0.319. The fourth-order valence-corrected chi connectivity index (χ4v) is 2.26. The van der Waals surface area contributed by atoms with Crippen LogP contribution in [0.2, 0.25) is 5.02 Å². The minimum Gasteiger partial charge on any atom is -0.307 e. The van der Waals surface area contributed by atoms with E-state index in [1.807, 2.05) is 6.92 Å². The summed E-state index contributed by atoms with van der Waals surface area (Å²) in [7, 11) is 0. The summed E-state index contributed by atoms with van der Waals surface area (Å²) in [5.41, 5.74) is -0.711. The molecule has 128 valence electrons. The number of aryl methyl sites for hydroxylation is 1. The summed E-state index contributed by atoms with van der Waals surface area (Å²) >= 11 is 5.55. The maximum atomic E-state index is 12.8. The van der Waals surface area contributed by atoms with Gasteiger partial charge in [0.2, 0.25) is 5.91 Å². The molecule has 1 aromatic carbocycles. The number of halogens is 4. The first-order chi connectivity index (χ1) is 11.3. The van der Waals surface area contributed by atoms with E-state index in [-0.39, 0.29) is 10.6 Å². The molecule has 0 radical (unpaired) electrons. The van der Waals surface area contributed by atoms with Crippen LogP contribution >= 0.6 is 11.6 Å². The molecule has 0 saturated heterocycles. The largest absolute Gasteiger partial charge is 0.417 e. The second-order valence-electron chi connectivity index (χ2n) is 5.00. The molecule has 0 unspecified atom stereocenters. The van der Waals surface area contributed by atoms with Gasteiger partial charge in [0.25, 0.3) is 0 Å². The molecule has 0 bridgehead atoms. The lowest BCUT2D eigenvalue weighted by atomic mass is 10.1. The van der Waals surface area contributed by atoms with Crippen molar-refractivity contribution in [1.29, 1.82) is 0 Å². The van der Waals surface area contributed by atoms with Gasteiger partial charge in [-0.2, -0.15) is 18.3 Å². The number of alkyl halides is 3. The Kier molecular flexibility index (Phi) is 5.66. The van der Waals surface area contributed by atoms with Gasteiger partial charge >= 0.3 is 6.18 Å². The third-order valence-electron chi connectivity index (χ3n) is 3.13. The first kappa shape index (κ1) is 18.1. The normalized spacial score (nSPS) is 11.9. The molecule has 2 aromatic rings. The Morgan fingerprint density at radius 1 is 1.38 bits per heavy atom. The van der Waals surface area contributed by atoms with Crippen LogP contribution < -0.4 is 5.32 Å². The topological polar surface area (TPSA) is 46.9 Å². The highest BCUT2D eigenvalue weighted by Gasteiger charge is 2.33. The average Bonchev–Trinajstić information content (AvgIpc) is 2.93. The number of anilines is 1. The fraction of sp³-hybridized carbons (Fsp3) is 0.250. The number of amides is 1. The Hall–Kier alpha value is -2.28. The second-order valence-corrected chi connectivity index (χ2v) is 5.41. The molecule has 4 nitrogen and oxygen atoms in total. The van der Waals surface area contributed by atoms with Gasteiger partial charge in [0.1, 0.15) is 5.82 Å². The molecule has 0 aliphatic rings. The minimum atomic E-state index is -4.55. The molecule has 1 heterocycles. The van der Waals surface area contributed by atoms with Crippen LogP contribution in [0, 0.1) is 0 Å². The molecule has 1 aromatic heterocycles. The van der Waals surface area contributed by atoms with Crippen molar-refractivity contribution in [3.05, 3.63) is 52.7 Å². The van der Waals surface area contributed by atoms with E-state index in [1.54, 1.807) is 16.9 Å². The predicted molar refractivity (Wildman–Crippen MR) is 86.6 cm³/mol. The van der Waals surface area contributed by atoms with Crippen LogP contribution in [0.3, 0.4) is 0 Å². The molecule has 24 heavy (non-hydrogen) atoms. The highest BCUT2D eigenvalue weighted by Crippen LogP contribution is 2.35. The summed E-state index contributed by atoms with van der Waals surface area (Å²) in [5.74, 6) is 0.0648. The highest BCUT2D eigenvalue weighted by atomic mass is 35.5. The lowest BCUT2D eigenvalue weighted by molar-refractivity contribution is -0.137. The number of rotatable bonds is 5. The smallest absolute Gasteiger partial charge is 0.307 e. The Balaban J connectivity index is 2.10. The van der Waals surface area contributed by atoms with Crippen LogP contribution in [0.15, 0.2) is 36.5 Å². The average molecular weight is 358 g/mol. The number of hydrogen-bond acceptors (Lipinski definition) is 2. The van der Waals surface area contributed by atoms with Gasteiger partial charge in [0, 0.05) is 18.7 Å². The van der Waals surface area contributed by atoms with Crippen LogP contribution in [-0.2, 0) is 17.5 Å². The van der Waals surface area contributed by atoms with Crippen molar-refractivity contribution in [3.63, 3.8) is 0 Å². The van der Waals surface area contributed by atoms with E-state index in [2.05, 4.69) is 10.4 Å². The van der Waals surface area contributed by atoms with E-state index < -0.39 is 17.6 Å². The standard InChI is InChI=1S/C16H15ClF3N3O/c1-2-9-23-14(7-8-21-23)22-15(24)6-4-11-3-5-13(17)12(10-11)16(18,19)20/h3-8,10H,2,9H2,1H3,(H,22,24)/b6-4+. The number of aromatic nitrogens is 2. The van der Waals surface area contributed by atoms with E-state index in [4.69, 9.17) is 11.6 Å². The number of hydrogen-bond donors (Lipinski definition) is 1. The van der Waals surface area contributed by atoms with E-state index >= 15 is 0 Å². The van der Waals surface area contributed by atoms with Crippen LogP contribution in [0.25, 0.3) is 6.08 Å². The second kappa shape index (κ2) is 7.53. The van der Waals surface area contributed by atoms with Crippen molar-refractivity contribution in [2.45, 2.75) is 26.1 Å². The molecule has 1 N–H and O–H groups in total. The summed E-state index contributed by atoms with van der Waals surface area (Å²) in [6, 6.07) is 5.10. The zero-order valence-corrected chi connectivity index (χ0v) is 13.5. The van der Waals surface area contributed by atoms with Crippen LogP contribution in [0.4, 0.5) is 19.0 Å². The van der Waals surface area contributed by atoms with Gasteiger partial charge in [-0.1, -0.05) is 24.6 Å². The Labute approximate surface area is 141 Å². The molecule has 2 rings (SSSR count). The number of nitrogens with one attached hydrogen (secondary N) is 1. The lowest BCUT2D eigenvalue weighted by Crippen LogP contribution is -2.13. The highest BCUT2D eigenvalue weighted by molar-refractivity contribution is 6.31. The number of carbonyl (C=O) groups excluding carboxylic acids is 1. The summed E-state index contributed by atoms with van der Waals surface area (Å²) in [5, 5.41) is 6.31. The Morgan fingerprint density at radius 2 is 2.12 bits per heavy atom. The molecule has 0 fully saturated rings. The van der Waals surface area contributed by atoms with E-state index in [0.29, 0.717) is 12.4 Å². The van der Waals surface area contributed by atoms with Crippen LogP contribution in [-0.4, -0.2) is 15.7 Å². The van der Waals surface area contributed by atoms with Gasteiger partial charge in [0.05, 0.1) is 16.8 Å². The van der Waals surface area contributed by atoms with Crippen LogP contribution in [0.5, 0.6) is 0 Å². The molecule has 0 atom stereocenters. The molecule has 0 aliphatic carbocycles. The summed E-state index contributed by atoms with van der Waals surface area (Å²) < 4.78 is 40.0. The third kappa shape index (κ3) is 4.61. The Morgan fingerprint density at radius 3 is 2.79 bits per heavy atom. The maximum Gasteiger partial charge on any atom is 0.417 e. The van der Waals surface area contributed by atoms with Crippen molar-refractivity contribution in [3.8, 4) is 0 Å². The number of benzene rings is 1. The summed E-state index contributed by atoms with van der Waals surface area (Å²) in [6.45, 7) is 2.63. The quantitative estimate of drug-likeness (QED) is 0.794. The summed E-state index contributed by atoms with van der Waals surface area (Å²) in [4.78, 5) is 11.9. The zero-order valence-electron chi connectivity index (χ0n) is 12.8. The molecule has 0 saturated carbocycles. The predicted octanol–water partition coefficient (Wildman–Crippen LogP) is 4.62. The minimum absolute atomic E-state index is 0.226. The van der Waals surface area contributed by atoms with Crippen molar-refractivity contribution in [2.75, 3.05) is 5.32 Å². The zero-order chi connectivity index (χ0) is 17.7. The Bertz CT molecular complexity index is 753.